The zero-order chi connectivity index (χ0) is 15.2. The van der Waals surface area contributed by atoms with E-state index in [0.717, 1.165) is 16.9 Å². The number of hydrogen-bond donors (Lipinski definition) is 2. The van der Waals surface area contributed by atoms with Crippen LogP contribution < -0.4 is 5.32 Å². The smallest absolute Gasteiger partial charge is 0.261 e. The Morgan fingerprint density at radius 3 is 2.95 bits per heavy atom. The maximum Gasteiger partial charge on any atom is 0.261 e. The summed E-state index contributed by atoms with van der Waals surface area (Å²) in [4.78, 5) is 14.0. The van der Waals surface area contributed by atoms with Crippen molar-refractivity contribution in [3.8, 4) is 11.8 Å². The molecule has 0 aliphatic heterocycles. The number of rotatable bonds is 2. The molecule has 2 unspecified atom stereocenters. The Bertz CT molecular complexity index is 553. The normalized spacial score (nSPS) is 22.0. The van der Waals surface area contributed by atoms with Crippen molar-refractivity contribution >= 4 is 17.2 Å². The third kappa shape index (κ3) is 4.33. The lowest BCUT2D eigenvalue weighted by atomic mass is 9.97. The summed E-state index contributed by atoms with van der Waals surface area (Å²) in [5, 5.41) is 12.0. The third-order valence-electron chi connectivity index (χ3n) is 4.10. The van der Waals surface area contributed by atoms with Crippen LogP contribution in [-0.2, 0) is 0 Å². The molecule has 0 saturated heterocycles. The Hall–Kier alpha value is -1.31. The maximum atomic E-state index is 12.4. The number of carbonyl (C=O) groups is 1. The average Bonchev–Trinajstić information content (AvgIpc) is 2.72. The van der Waals surface area contributed by atoms with Crippen LogP contribution in [0.15, 0.2) is 6.07 Å². The molecule has 0 spiro atoms. The van der Waals surface area contributed by atoms with Crippen LogP contribution in [0.2, 0.25) is 0 Å². The van der Waals surface area contributed by atoms with Gasteiger partial charge in [-0.25, -0.2) is 0 Å². The lowest BCUT2D eigenvalue weighted by molar-refractivity contribution is 0.0925. The fourth-order valence-corrected chi connectivity index (χ4v) is 3.74. The minimum atomic E-state index is -0.154. The lowest BCUT2D eigenvalue weighted by Crippen LogP contribution is -2.38. The van der Waals surface area contributed by atoms with Gasteiger partial charge in [0, 0.05) is 6.04 Å². The van der Waals surface area contributed by atoms with E-state index in [9.17, 15) is 4.79 Å². The van der Waals surface area contributed by atoms with E-state index in [2.05, 4.69) is 24.1 Å². The van der Waals surface area contributed by atoms with Crippen molar-refractivity contribution in [2.24, 2.45) is 5.92 Å². The van der Waals surface area contributed by atoms with Crippen molar-refractivity contribution < 1.29 is 9.90 Å². The SMILES string of the molecule is Cc1cc(C(=O)NC2CCCCCC2C)sc1C#CCO. The number of hydrogen-bond acceptors (Lipinski definition) is 3. The predicted octanol–water partition coefficient (Wildman–Crippen LogP) is 3.10. The van der Waals surface area contributed by atoms with Gasteiger partial charge in [0.15, 0.2) is 0 Å². The fourth-order valence-electron chi connectivity index (χ4n) is 2.78. The molecule has 114 valence electrons. The molecule has 1 aromatic rings. The molecule has 2 rings (SSSR count). The molecule has 0 bridgehead atoms. The molecule has 0 radical (unpaired) electrons. The minimum absolute atomic E-state index is 0.0129. The Morgan fingerprint density at radius 2 is 2.19 bits per heavy atom. The molecule has 2 atom stereocenters. The largest absolute Gasteiger partial charge is 0.384 e. The van der Waals surface area contributed by atoms with Gasteiger partial charge in [0.25, 0.3) is 5.91 Å². The predicted molar refractivity (Wildman–Crippen MR) is 86.5 cm³/mol. The Kier molecular flexibility index (Phi) is 5.84. The summed E-state index contributed by atoms with van der Waals surface area (Å²) in [6, 6.07) is 2.18. The molecule has 2 N–H and O–H groups in total. The van der Waals surface area contributed by atoms with E-state index in [1.807, 2.05) is 13.0 Å². The van der Waals surface area contributed by atoms with E-state index < -0.39 is 0 Å². The van der Waals surface area contributed by atoms with Crippen molar-refractivity contribution in [2.75, 3.05) is 6.61 Å². The molecule has 1 aliphatic rings. The van der Waals surface area contributed by atoms with E-state index in [-0.39, 0.29) is 18.6 Å². The first-order valence-corrected chi connectivity index (χ1v) is 8.44. The lowest BCUT2D eigenvalue weighted by Gasteiger charge is -2.22. The summed E-state index contributed by atoms with van der Waals surface area (Å²) in [5.74, 6) is 6.10. The average molecular weight is 305 g/mol. The third-order valence-corrected chi connectivity index (χ3v) is 5.25. The molecular formula is C17H23NO2S. The first kappa shape index (κ1) is 16.1. The van der Waals surface area contributed by atoms with Gasteiger partial charge in [-0.15, -0.1) is 11.3 Å². The number of aryl methyl sites for hydroxylation is 1. The summed E-state index contributed by atoms with van der Waals surface area (Å²) in [6.45, 7) is 4.02. The van der Waals surface area contributed by atoms with Gasteiger partial charge in [0.1, 0.15) is 6.61 Å². The van der Waals surface area contributed by atoms with Crippen LogP contribution in [0.1, 0.15) is 59.1 Å². The molecule has 1 aromatic heterocycles. The molecule has 3 nitrogen and oxygen atoms in total. The number of aliphatic hydroxyl groups is 1. The van der Waals surface area contributed by atoms with Gasteiger partial charge in [0.05, 0.1) is 9.75 Å². The van der Waals surface area contributed by atoms with Crippen molar-refractivity contribution in [1.82, 2.24) is 5.32 Å². The van der Waals surface area contributed by atoms with Gasteiger partial charge in [-0.3, -0.25) is 4.79 Å². The van der Waals surface area contributed by atoms with Gasteiger partial charge in [0.2, 0.25) is 0 Å². The van der Waals surface area contributed by atoms with Crippen LogP contribution in [0.3, 0.4) is 0 Å². The van der Waals surface area contributed by atoms with E-state index in [4.69, 9.17) is 5.11 Å². The topological polar surface area (TPSA) is 49.3 Å². The maximum absolute atomic E-state index is 12.4. The summed E-state index contributed by atoms with van der Waals surface area (Å²) >= 11 is 1.41. The molecule has 1 fully saturated rings. The summed E-state index contributed by atoms with van der Waals surface area (Å²) in [5.41, 5.74) is 1.00. The van der Waals surface area contributed by atoms with Gasteiger partial charge in [-0.05, 0) is 37.3 Å². The Labute approximate surface area is 130 Å². The van der Waals surface area contributed by atoms with Gasteiger partial charge >= 0.3 is 0 Å². The highest BCUT2D eigenvalue weighted by atomic mass is 32.1. The Morgan fingerprint density at radius 1 is 1.43 bits per heavy atom. The quantitative estimate of drug-likeness (QED) is 0.651. The monoisotopic (exact) mass is 305 g/mol. The molecule has 1 heterocycles. The number of aliphatic hydroxyl groups excluding tert-OH is 1. The Balaban J connectivity index is 2.06. The van der Waals surface area contributed by atoms with Crippen LogP contribution in [0, 0.1) is 24.7 Å². The van der Waals surface area contributed by atoms with Crippen molar-refractivity contribution in [3.63, 3.8) is 0 Å². The van der Waals surface area contributed by atoms with Crippen LogP contribution in [0.5, 0.6) is 0 Å². The molecule has 1 saturated carbocycles. The van der Waals surface area contributed by atoms with Crippen LogP contribution in [0.25, 0.3) is 0 Å². The van der Waals surface area contributed by atoms with Gasteiger partial charge < -0.3 is 10.4 Å². The molecular weight excluding hydrogens is 282 g/mol. The second-order valence-corrected chi connectivity index (χ2v) is 6.83. The van der Waals surface area contributed by atoms with E-state index in [1.54, 1.807) is 0 Å². The van der Waals surface area contributed by atoms with Crippen LogP contribution in [-0.4, -0.2) is 23.7 Å². The molecule has 4 heteroatoms. The zero-order valence-corrected chi connectivity index (χ0v) is 13.6. The second kappa shape index (κ2) is 7.63. The van der Waals surface area contributed by atoms with Gasteiger partial charge in [-0.2, -0.15) is 0 Å². The highest BCUT2D eigenvalue weighted by Gasteiger charge is 2.23. The highest BCUT2D eigenvalue weighted by Crippen LogP contribution is 2.25. The van der Waals surface area contributed by atoms with Gasteiger partial charge in [-0.1, -0.05) is 38.0 Å². The molecule has 21 heavy (non-hydrogen) atoms. The zero-order valence-electron chi connectivity index (χ0n) is 12.7. The van der Waals surface area contributed by atoms with Crippen molar-refractivity contribution in [3.05, 3.63) is 21.4 Å². The van der Waals surface area contributed by atoms with E-state index >= 15 is 0 Å². The summed E-state index contributed by atoms with van der Waals surface area (Å²) in [7, 11) is 0. The van der Waals surface area contributed by atoms with E-state index in [1.165, 1.54) is 37.0 Å². The molecule has 1 amide bonds. The summed E-state index contributed by atoms with van der Waals surface area (Å²) < 4.78 is 0. The number of nitrogens with one attached hydrogen (secondary N) is 1. The minimum Gasteiger partial charge on any atom is -0.384 e. The first-order chi connectivity index (χ1) is 10.1. The van der Waals surface area contributed by atoms with Crippen LogP contribution in [0.4, 0.5) is 0 Å². The van der Waals surface area contributed by atoms with Crippen molar-refractivity contribution in [2.45, 2.75) is 52.0 Å². The van der Waals surface area contributed by atoms with Crippen LogP contribution >= 0.6 is 11.3 Å². The fraction of sp³-hybridized carbons (Fsp3) is 0.588. The highest BCUT2D eigenvalue weighted by molar-refractivity contribution is 7.14. The van der Waals surface area contributed by atoms with Crippen molar-refractivity contribution in [1.29, 1.82) is 0 Å². The number of carbonyl (C=O) groups excluding carboxylic acids is 1. The summed E-state index contributed by atoms with van der Waals surface area (Å²) in [6.07, 6.45) is 6.02. The van der Waals surface area contributed by atoms with E-state index in [0.29, 0.717) is 10.8 Å². The second-order valence-electron chi connectivity index (χ2n) is 5.78. The molecule has 0 aromatic carbocycles. The first-order valence-electron chi connectivity index (χ1n) is 7.63. The molecule has 1 aliphatic carbocycles. The standard InChI is InChI=1S/C17H23NO2S/c1-12-7-4-3-5-8-14(12)18-17(20)16-11-13(2)15(21-16)9-6-10-19/h11-12,14,19H,3-5,7-8,10H2,1-2H3,(H,18,20). The number of amides is 1. The number of thiophene rings is 1.